The molecule has 16 heavy (non-hydrogen) atoms. The molecule has 1 heterocycles. The van der Waals surface area contributed by atoms with Crippen LogP contribution in [0.2, 0.25) is 0 Å². The van der Waals surface area contributed by atoms with Crippen molar-refractivity contribution in [1.29, 1.82) is 0 Å². The van der Waals surface area contributed by atoms with Gasteiger partial charge in [0.1, 0.15) is 0 Å². The van der Waals surface area contributed by atoms with Crippen molar-refractivity contribution in [2.75, 3.05) is 23.7 Å². The molecule has 1 fully saturated rings. The molecule has 0 spiro atoms. The zero-order valence-electron chi connectivity index (χ0n) is 10.2. The number of aryl methyl sites for hydroxylation is 1. The molecule has 0 bridgehead atoms. The third-order valence-electron chi connectivity index (χ3n) is 2.98. The lowest BCUT2D eigenvalue weighted by Crippen LogP contribution is -2.45. The number of benzene rings is 1. The molecule has 1 aliphatic heterocycles. The second-order valence-corrected chi connectivity index (χ2v) is 4.71. The molecule has 1 aromatic carbocycles. The average Bonchev–Trinajstić information content (AvgIpc) is 2.15. The predicted molar refractivity (Wildman–Crippen MR) is 67.8 cm³/mol. The lowest BCUT2D eigenvalue weighted by molar-refractivity contribution is -0.00524. The fourth-order valence-electron chi connectivity index (χ4n) is 2.41. The van der Waals surface area contributed by atoms with Crippen molar-refractivity contribution in [2.24, 2.45) is 0 Å². The highest BCUT2D eigenvalue weighted by Gasteiger charge is 2.23. The van der Waals surface area contributed by atoms with Crippen LogP contribution in [0.15, 0.2) is 18.2 Å². The summed E-state index contributed by atoms with van der Waals surface area (Å²) in [5, 5.41) is 0. The monoisotopic (exact) mass is 220 g/mol. The molecule has 3 heteroatoms. The van der Waals surface area contributed by atoms with Gasteiger partial charge < -0.3 is 15.4 Å². The van der Waals surface area contributed by atoms with Gasteiger partial charge in [0.25, 0.3) is 0 Å². The largest absolute Gasteiger partial charge is 0.399 e. The summed E-state index contributed by atoms with van der Waals surface area (Å²) >= 11 is 0. The van der Waals surface area contributed by atoms with Crippen LogP contribution in [0.5, 0.6) is 0 Å². The van der Waals surface area contributed by atoms with E-state index in [-0.39, 0.29) is 0 Å². The van der Waals surface area contributed by atoms with Crippen LogP contribution in [0, 0.1) is 6.92 Å². The molecule has 1 aromatic rings. The molecular formula is C13H20N2O. The van der Waals surface area contributed by atoms with Crippen molar-refractivity contribution in [2.45, 2.75) is 33.0 Å². The first-order chi connectivity index (χ1) is 7.56. The van der Waals surface area contributed by atoms with E-state index in [1.165, 1.54) is 11.3 Å². The number of hydrogen-bond donors (Lipinski definition) is 1. The Hall–Kier alpha value is -1.22. The Morgan fingerprint density at radius 3 is 2.44 bits per heavy atom. The second-order valence-electron chi connectivity index (χ2n) is 4.71. The first kappa shape index (κ1) is 11.3. The SMILES string of the molecule is Cc1cc(N)ccc1N1C[C@@H](C)O[C@@H](C)C1. The van der Waals surface area contributed by atoms with Crippen molar-refractivity contribution in [3.63, 3.8) is 0 Å². The van der Waals surface area contributed by atoms with E-state index >= 15 is 0 Å². The Morgan fingerprint density at radius 2 is 1.88 bits per heavy atom. The molecule has 0 radical (unpaired) electrons. The van der Waals surface area contributed by atoms with Gasteiger partial charge in [-0.1, -0.05) is 0 Å². The minimum Gasteiger partial charge on any atom is -0.399 e. The number of morpholine rings is 1. The van der Waals surface area contributed by atoms with Crippen molar-refractivity contribution < 1.29 is 4.74 Å². The maximum absolute atomic E-state index is 5.77. The molecule has 2 rings (SSSR count). The summed E-state index contributed by atoms with van der Waals surface area (Å²) in [6, 6.07) is 6.10. The molecule has 2 atom stereocenters. The number of anilines is 2. The number of hydrogen-bond acceptors (Lipinski definition) is 3. The zero-order chi connectivity index (χ0) is 11.7. The number of rotatable bonds is 1. The van der Waals surface area contributed by atoms with Crippen molar-refractivity contribution in [3.05, 3.63) is 23.8 Å². The Bertz CT molecular complexity index is 368. The first-order valence-corrected chi connectivity index (χ1v) is 5.83. The minimum atomic E-state index is 0.292. The summed E-state index contributed by atoms with van der Waals surface area (Å²) in [6.07, 6.45) is 0.585. The second kappa shape index (κ2) is 4.34. The molecule has 0 aromatic heterocycles. The summed E-state index contributed by atoms with van der Waals surface area (Å²) in [5.41, 5.74) is 9.11. The maximum atomic E-state index is 5.77. The van der Waals surface area contributed by atoms with Gasteiger partial charge in [0.15, 0.2) is 0 Å². The highest BCUT2D eigenvalue weighted by atomic mass is 16.5. The summed E-state index contributed by atoms with van der Waals surface area (Å²) < 4.78 is 5.74. The Balaban J connectivity index is 2.23. The zero-order valence-corrected chi connectivity index (χ0v) is 10.2. The average molecular weight is 220 g/mol. The van der Waals surface area contributed by atoms with Gasteiger partial charge in [-0.3, -0.25) is 0 Å². The van der Waals surface area contributed by atoms with E-state index in [0.29, 0.717) is 12.2 Å². The van der Waals surface area contributed by atoms with E-state index in [1.54, 1.807) is 0 Å². The molecule has 0 aliphatic carbocycles. The number of nitrogens with two attached hydrogens (primary N) is 1. The standard InChI is InChI=1S/C13H20N2O/c1-9-6-12(14)4-5-13(9)15-7-10(2)16-11(3)8-15/h4-6,10-11H,7-8,14H2,1-3H3/t10-,11+. The van der Waals surface area contributed by atoms with E-state index in [1.807, 2.05) is 12.1 Å². The first-order valence-electron chi connectivity index (χ1n) is 5.83. The van der Waals surface area contributed by atoms with Gasteiger partial charge in [-0.25, -0.2) is 0 Å². The molecule has 1 saturated heterocycles. The molecular weight excluding hydrogens is 200 g/mol. The van der Waals surface area contributed by atoms with Crippen LogP contribution in [0.3, 0.4) is 0 Å². The van der Waals surface area contributed by atoms with Crippen molar-refractivity contribution in [3.8, 4) is 0 Å². The van der Waals surface area contributed by atoms with Gasteiger partial charge in [-0.15, -0.1) is 0 Å². The van der Waals surface area contributed by atoms with Gasteiger partial charge in [0.05, 0.1) is 12.2 Å². The molecule has 3 nitrogen and oxygen atoms in total. The number of ether oxygens (including phenoxy) is 1. The fourth-order valence-corrected chi connectivity index (χ4v) is 2.41. The van der Waals surface area contributed by atoms with Crippen molar-refractivity contribution in [1.82, 2.24) is 0 Å². The molecule has 1 aliphatic rings. The van der Waals surface area contributed by atoms with Gasteiger partial charge in [0.2, 0.25) is 0 Å². The number of nitrogens with zero attached hydrogens (tertiary/aromatic N) is 1. The van der Waals surface area contributed by atoms with Crippen LogP contribution >= 0.6 is 0 Å². The van der Waals surface area contributed by atoms with E-state index in [0.717, 1.165) is 18.8 Å². The van der Waals surface area contributed by atoms with E-state index in [4.69, 9.17) is 10.5 Å². The molecule has 0 unspecified atom stereocenters. The third kappa shape index (κ3) is 2.30. The lowest BCUT2D eigenvalue weighted by atomic mass is 10.1. The smallest absolute Gasteiger partial charge is 0.0726 e. The predicted octanol–water partition coefficient (Wildman–Crippen LogP) is 2.19. The van der Waals surface area contributed by atoms with Gasteiger partial charge in [-0.05, 0) is 44.5 Å². The quantitative estimate of drug-likeness (QED) is 0.737. The third-order valence-corrected chi connectivity index (χ3v) is 2.98. The van der Waals surface area contributed by atoms with Crippen LogP contribution in [0.1, 0.15) is 19.4 Å². The van der Waals surface area contributed by atoms with E-state index in [2.05, 4.69) is 31.7 Å². The molecule has 2 N–H and O–H groups in total. The summed E-state index contributed by atoms with van der Waals surface area (Å²) in [4.78, 5) is 2.38. The maximum Gasteiger partial charge on any atom is 0.0726 e. The summed E-state index contributed by atoms with van der Waals surface area (Å²) in [6.45, 7) is 8.26. The Morgan fingerprint density at radius 1 is 1.25 bits per heavy atom. The number of nitrogen functional groups attached to an aromatic ring is 1. The fraction of sp³-hybridized carbons (Fsp3) is 0.538. The molecule has 0 amide bonds. The van der Waals surface area contributed by atoms with Crippen LogP contribution in [-0.4, -0.2) is 25.3 Å². The summed E-state index contributed by atoms with van der Waals surface area (Å²) in [5.74, 6) is 0. The summed E-state index contributed by atoms with van der Waals surface area (Å²) in [7, 11) is 0. The molecule has 0 saturated carbocycles. The van der Waals surface area contributed by atoms with Crippen LogP contribution in [0.4, 0.5) is 11.4 Å². The minimum absolute atomic E-state index is 0.292. The van der Waals surface area contributed by atoms with Crippen molar-refractivity contribution >= 4 is 11.4 Å². The van der Waals surface area contributed by atoms with Gasteiger partial charge in [-0.2, -0.15) is 0 Å². The molecule has 88 valence electrons. The highest BCUT2D eigenvalue weighted by Crippen LogP contribution is 2.25. The normalized spacial score (nSPS) is 25.8. The Kier molecular flexibility index (Phi) is 3.06. The van der Waals surface area contributed by atoms with Gasteiger partial charge in [0, 0.05) is 24.5 Å². The lowest BCUT2D eigenvalue weighted by Gasteiger charge is -2.37. The topological polar surface area (TPSA) is 38.5 Å². The van der Waals surface area contributed by atoms with E-state index < -0.39 is 0 Å². The van der Waals surface area contributed by atoms with E-state index in [9.17, 15) is 0 Å². The van der Waals surface area contributed by atoms with Gasteiger partial charge >= 0.3 is 0 Å². The van der Waals surface area contributed by atoms with Crippen LogP contribution < -0.4 is 10.6 Å². The van der Waals surface area contributed by atoms with Crippen LogP contribution in [-0.2, 0) is 4.74 Å². The highest BCUT2D eigenvalue weighted by molar-refractivity contribution is 5.59. The Labute approximate surface area is 97.2 Å². The van der Waals surface area contributed by atoms with Crippen LogP contribution in [0.25, 0.3) is 0 Å².